The maximum absolute atomic E-state index is 5.75. The predicted molar refractivity (Wildman–Crippen MR) is 66.7 cm³/mol. The summed E-state index contributed by atoms with van der Waals surface area (Å²) in [5, 5.41) is 1.00. The number of halogens is 1. The first-order valence-corrected chi connectivity index (χ1v) is 6.02. The molecule has 1 aromatic heterocycles. The van der Waals surface area contributed by atoms with E-state index in [9.17, 15) is 0 Å². The summed E-state index contributed by atoms with van der Waals surface area (Å²) in [7, 11) is 0. The van der Waals surface area contributed by atoms with Gasteiger partial charge in [0.05, 0.1) is 16.4 Å². The number of nitrogens with zero attached hydrogens (tertiary/aromatic N) is 1. The van der Waals surface area contributed by atoms with Crippen LogP contribution in [0.5, 0.6) is 0 Å². The summed E-state index contributed by atoms with van der Waals surface area (Å²) in [4.78, 5) is 4.32. The largest absolute Gasteiger partial charge is 0.397 e. The van der Waals surface area contributed by atoms with E-state index in [1.165, 1.54) is 0 Å². The van der Waals surface area contributed by atoms with Crippen LogP contribution >= 0.6 is 27.7 Å². The molecule has 0 amide bonds. The molecule has 14 heavy (non-hydrogen) atoms. The second-order valence-electron chi connectivity index (χ2n) is 4.17. The van der Waals surface area contributed by atoms with E-state index in [-0.39, 0.29) is 4.75 Å². The van der Waals surface area contributed by atoms with Crippen molar-refractivity contribution in [3.8, 4) is 0 Å². The predicted octanol–water partition coefficient (Wildman–Crippen LogP) is 3.63. The molecule has 0 aliphatic rings. The highest BCUT2D eigenvalue weighted by Crippen LogP contribution is 2.37. The summed E-state index contributed by atoms with van der Waals surface area (Å²) in [5.41, 5.74) is 7.54. The van der Waals surface area contributed by atoms with Gasteiger partial charge in [-0.2, -0.15) is 0 Å². The van der Waals surface area contributed by atoms with Crippen LogP contribution in [0, 0.1) is 6.92 Å². The van der Waals surface area contributed by atoms with Crippen LogP contribution in [-0.2, 0) is 0 Å². The standard InChI is InChI=1S/C10H15BrN2S/c1-6-7(12)5-13-9(8(6)11)14-10(2,3)4/h5H,12H2,1-4H3. The summed E-state index contributed by atoms with van der Waals surface area (Å²) in [6, 6.07) is 0. The highest BCUT2D eigenvalue weighted by Gasteiger charge is 2.16. The lowest BCUT2D eigenvalue weighted by molar-refractivity contribution is 0.798. The first kappa shape index (κ1) is 11.9. The molecule has 0 aliphatic carbocycles. The van der Waals surface area contributed by atoms with Crippen LogP contribution in [0.4, 0.5) is 5.69 Å². The van der Waals surface area contributed by atoms with E-state index in [1.54, 1.807) is 18.0 Å². The Morgan fingerprint density at radius 1 is 1.43 bits per heavy atom. The number of hydrogen-bond donors (Lipinski definition) is 1. The average Bonchev–Trinajstić information content (AvgIpc) is 2.04. The van der Waals surface area contributed by atoms with Crippen LogP contribution in [0.15, 0.2) is 15.7 Å². The summed E-state index contributed by atoms with van der Waals surface area (Å²) in [6.07, 6.45) is 1.72. The molecule has 0 bridgehead atoms. The maximum atomic E-state index is 5.75. The third-order valence-electron chi connectivity index (χ3n) is 1.67. The Kier molecular flexibility index (Phi) is 3.48. The monoisotopic (exact) mass is 274 g/mol. The van der Waals surface area contributed by atoms with Crippen molar-refractivity contribution in [2.75, 3.05) is 5.73 Å². The minimum atomic E-state index is 0.165. The minimum Gasteiger partial charge on any atom is -0.397 e. The van der Waals surface area contributed by atoms with Gasteiger partial charge in [0.1, 0.15) is 5.03 Å². The number of aromatic nitrogens is 1. The Morgan fingerprint density at radius 3 is 2.50 bits per heavy atom. The molecule has 1 heterocycles. The van der Waals surface area contributed by atoms with Gasteiger partial charge in [-0.05, 0) is 28.4 Å². The summed E-state index contributed by atoms with van der Waals surface area (Å²) in [6.45, 7) is 8.49. The van der Waals surface area contributed by atoms with Crippen molar-refractivity contribution in [1.29, 1.82) is 0 Å². The number of anilines is 1. The molecule has 4 heteroatoms. The molecule has 0 saturated carbocycles. The molecule has 2 N–H and O–H groups in total. The molecule has 0 spiro atoms. The van der Waals surface area contributed by atoms with Gasteiger partial charge in [-0.25, -0.2) is 4.98 Å². The van der Waals surface area contributed by atoms with Crippen LogP contribution in [0.2, 0.25) is 0 Å². The lowest BCUT2D eigenvalue weighted by atomic mass is 10.2. The van der Waals surface area contributed by atoms with Crippen molar-refractivity contribution in [1.82, 2.24) is 4.98 Å². The molecule has 0 fully saturated rings. The van der Waals surface area contributed by atoms with Crippen molar-refractivity contribution in [3.05, 3.63) is 16.2 Å². The van der Waals surface area contributed by atoms with Crippen LogP contribution in [0.25, 0.3) is 0 Å². The molecule has 0 aromatic carbocycles. The van der Waals surface area contributed by atoms with Gasteiger partial charge in [-0.15, -0.1) is 0 Å². The molecule has 0 saturated heterocycles. The lowest BCUT2D eigenvalue weighted by Gasteiger charge is -2.18. The Balaban J connectivity index is 3.06. The summed E-state index contributed by atoms with van der Waals surface area (Å²) >= 11 is 5.26. The molecule has 1 aromatic rings. The number of pyridine rings is 1. The SMILES string of the molecule is Cc1c(N)cnc(SC(C)(C)C)c1Br. The van der Waals surface area contributed by atoms with Crippen LogP contribution < -0.4 is 5.73 Å². The Morgan fingerprint density at radius 2 is 2.00 bits per heavy atom. The number of thioether (sulfide) groups is 1. The molecule has 1 rings (SSSR count). The highest BCUT2D eigenvalue weighted by atomic mass is 79.9. The van der Waals surface area contributed by atoms with Crippen molar-refractivity contribution < 1.29 is 0 Å². The van der Waals surface area contributed by atoms with E-state index in [4.69, 9.17) is 5.73 Å². The quantitative estimate of drug-likeness (QED) is 0.795. The van der Waals surface area contributed by atoms with Crippen LogP contribution in [0.3, 0.4) is 0 Å². The first-order valence-electron chi connectivity index (χ1n) is 4.41. The fraction of sp³-hybridized carbons (Fsp3) is 0.500. The number of rotatable bonds is 1. The molecule has 0 unspecified atom stereocenters. The van der Waals surface area contributed by atoms with E-state index >= 15 is 0 Å². The fourth-order valence-corrected chi connectivity index (χ4v) is 2.43. The van der Waals surface area contributed by atoms with E-state index in [0.29, 0.717) is 0 Å². The van der Waals surface area contributed by atoms with E-state index in [2.05, 4.69) is 41.7 Å². The molecule has 0 aliphatic heterocycles. The second kappa shape index (κ2) is 4.11. The second-order valence-corrected chi connectivity index (χ2v) is 6.78. The first-order chi connectivity index (χ1) is 6.31. The Bertz CT molecular complexity index is 345. The molecular weight excluding hydrogens is 260 g/mol. The van der Waals surface area contributed by atoms with E-state index in [0.717, 1.165) is 20.7 Å². The zero-order valence-electron chi connectivity index (χ0n) is 8.89. The number of hydrogen-bond acceptors (Lipinski definition) is 3. The zero-order valence-corrected chi connectivity index (χ0v) is 11.3. The average molecular weight is 275 g/mol. The van der Waals surface area contributed by atoms with Crippen molar-refractivity contribution in [2.24, 2.45) is 0 Å². The molecule has 78 valence electrons. The van der Waals surface area contributed by atoms with Gasteiger partial charge in [0.15, 0.2) is 0 Å². The smallest absolute Gasteiger partial charge is 0.111 e. The van der Waals surface area contributed by atoms with Crippen LogP contribution in [0.1, 0.15) is 26.3 Å². The normalized spacial score (nSPS) is 11.8. The highest BCUT2D eigenvalue weighted by molar-refractivity contribution is 9.10. The van der Waals surface area contributed by atoms with Gasteiger partial charge in [0.25, 0.3) is 0 Å². The lowest BCUT2D eigenvalue weighted by Crippen LogP contribution is -2.08. The van der Waals surface area contributed by atoms with Gasteiger partial charge >= 0.3 is 0 Å². The number of nitrogen functional groups attached to an aromatic ring is 1. The van der Waals surface area contributed by atoms with Gasteiger partial charge in [0, 0.05) is 4.75 Å². The van der Waals surface area contributed by atoms with E-state index in [1.807, 2.05) is 6.92 Å². The van der Waals surface area contributed by atoms with Gasteiger partial charge < -0.3 is 5.73 Å². The van der Waals surface area contributed by atoms with Gasteiger partial charge in [-0.3, -0.25) is 0 Å². The van der Waals surface area contributed by atoms with Crippen molar-refractivity contribution >= 4 is 33.4 Å². The summed E-state index contributed by atoms with van der Waals surface area (Å²) < 4.78 is 1.18. The molecular formula is C10H15BrN2S. The Labute approximate surface area is 97.8 Å². The van der Waals surface area contributed by atoms with Crippen LogP contribution in [-0.4, -0.2) is 9.73 Å². The molecule has 0 radical (unpaired) electrons. The van der Waals surface area contributed by atoms with E-state index < -0.39 is 0 Å². The fourth-order valence-electron chi connectivity index (χ4n) is 0.930. The van der Waals surface area contributed by atoms with Crippen molar-refractivity contribution in [3.63, 3.8) is 0 Å². The number of nitrogens with two attached hydrogens (primary N) is 1. The topological polar surface area (TPSA) is 38.9 Å². The third-order valence-corrected chi connectivity index (χ3v) is 4.02. The zero-order chi connectivity index (χ0) is 10.9. The summed E-state index contributed by atoms with van der Waals surface area (Å²) in [5.74, 6) is 0. The molecule has 0 atom stereocenters. The third kappa shape index (κ3) is 2.89. The van der Waals surface area contributed by atoms with Gasteiger partial charge in [0.2, 0.25) is 0 Å². The van der Waals surface area contributed by atoms with Crippen molar-refractivity contribution in [2.45, 2.75) is 37.5 Å². The maximum Gasteiger partial charge on any atom is 0.111 e. The molecule has 2 nitrogen and oxygen atoms in total. The minimum absolute atomic E-state index is 0.165. The van der Waals surface area contributed by atoms with Gasteiger partial charge in [-0.1, -0.05) is 32.5 Å². The Hall–Kier alpha value is -0.220.